The summed E-state index contributed by atoms with van der Waals surface area (Å²) < 4.78 is 7.51. The van der Waals surface area contributed by atoms with Gasteiger partial charge in [-0.3, -0.25) is 0 Å². The molecule has 3 nitrogen and oxygen atoms in total. The first-order valence-electron chi connectivity index (χ1n) is 6.23. The fourth-order valence-corrected chi connectivity index (χ4v) is 2.55. The molecule has 0 aliphatic carbocycles. The van der Waals surface area contributed by atoms with E-state index in [9.17, 15) is 5.21 Å². The standard InChI is InChI=1S/C16H12BrNO2/c17-14-8-9-15(16-13(14)7-4-10-18(16)19)20-11-12-5-2-1-3-6-12/h1-10H,11H2. The minimum atomic E-state index is 0.437. The van der Waals surface area contributed by atoms with Crippen LogP contribution >= 0.6 is 15.9 Å². The second kappa shape index (κ2) is 5.51. The minimum Gasteiger partial charge on any atom is -0.618 e. The topological polar surface area (TPSA) is 36.2 Å². The van der Waals surface area contributed by atoms with E-state index >= 15 is 0 Å². The lowest BCUT2D eigenvalue weighted by atomic mass is 10.2. The first-order valence-corrected chi connectivity index (χ1v) is 7.02. The molecule has 4 heteroatoms. The lowest BCUT2D eigenvalue weighted by Gasteiger charge is -2.10. The zero-order valence-corrected chi connectivity index (χ0v) is 12.2. The lowest BCUT2D eigenvalue weighted by Crippen LogP contribution is -2.26. The van der Waals surface area contributed by atoms with E-state index in [0.29, 0.717) is 17.9 Å². The van der Waals surface area contributed by atoms with E-state index in [4.69, 9.17) is 4.74 Å². The lowest BCUT2D eigenvalue weighted by molar-refractivity contribution is -0.577. The third-order valence-electron chi connectivity index (χ3n) is 3.07. The van der Waals surface area contributed by atoms with Crippen molar-refractivity contribution in [2.24, 2.45) is 0 Å². The van der Waals surface area contributed by atoms with Gasteiger partial charge in [0.2, 0.25) is 0 Å². The van der Waals surface area contributed by atoms with Gasteiger partial charge in [-0.2, -0.15) is 4.73 Å². The normalized spacial score (nSPS) is 10.7. The summed E-state index contributed by atoms with van der Waals surface area (Å²) in [5.41, 5.74) is 1.61. The predicted octanol–water partition coefficient (Wildman–Crippen LogP) is 3.81. The SMILES string of the molecule is [O-][n+]1cccc2c(Br)ccc(OCc3ccccc3)c21. The van der Waals surface area contributed by atoms with Crippen LogP contribution in [0.25, 0.3) is 10.9 Å². The first kappa shape index (κ1) is 12.9. The molecule has 0 unspecified atom stereocenters. The number of aromatic nitrogens is 1. The maximum absolute atomic E-state index is 12.0. The number of fused-ring (bicyclic) bond motifs is 1. The van der Waals surface area contributed by atoms with E-state index < -0.39 is 0 Å². The highest BCUT2D eigenvalue weighted by molar-refractivity contribution is 9.10. The summed E-state index contributed by atoms with van der Waals surface area (Å²) in [5, 5.41) is 12.8. The Balaban J connectivity index is 1.98. The molecule has 0 spiro atoms. The summed E-state index contributed by atoms with van der Waals surface area (Å²) >= 11 is 3.45. The highest BCUT2D eigenvalue weighted by Gasteiger charge is 2.13. The maximum atomic E-state index is 12.0. The number of pyridine rings is 1. The Morgan fingerprint density at radius 1 is 1.00 bits per heavy atom. The second-order valence-corrected chi connectivity index (χ2v) is 5.27. The smallest absolute Gasteiger partial charge is 0.267 e. The van der Waals surface area contributed by atoms with Crippen molar-refractivity contribution >= 4 is 26.8 Å². The Morgan fingerprint density at radius 2 is 1.80 bits per heavy atom. The van der Waals surface area contributed by atoms with Crippen molar-refractivity contribution < 1.29 is 9.47 Å². The average molecular weight is 330 g/mol. The van der Waals surface area contributed by atoms with Crippen molar-refractivity contribution in [3.63, 3.8) is 0 Å². The van der Waals surface area contributed by atoms with Crippen LogP contribution in [0.4, 0.5) is 0 Å². The molecular formula is C16H12BrNO2. The molecule has 0 radical (unpaired) electrons. The van der Waals surface area contributed by atoms with E-state index in [0.717, 1.165) is 20.2 Å². The van der Waals surface area contributed by atoms with Gasteiger partial charge in [0.1, 0.15) is 6.61 Å². The molecular weight excluding hydrogens is 318 g/mol. The third-order valence-corrected chi connectivity index (χ3v) is 3.76. The number of hydrogen-bond acceptors (Lipinski definition) is 2. The van der Waals surface area contributed by atoms with Gasteiger partial charge in [-0.15, -0.1) is 0 Å². The highest BCUT2D eigenvalue weighted by atomic mass is 79.9. The summed E-state index contributed by atoms with van der Waals surface area (Å²) in [6.07, 6.45) is 1.48. The van der Waals surface area contributed by atoms with E-state index in [1.54, 1.807) is 6.07 Å². The molecule has 1 heterocycles. The number of nitrogens with zero attached hydrogens (tertiary/aromatic N) is 1. The summed E-state index contributed by atoms with van der Waals surface area (Å²) in [6, 6.07) is 17.2. The molecule has 20 heavy (non-hydrogen) atoms. The Morgan fingerprint density at radius 3 is 2.60 bits per heavy atom. The molecule has 2 aromatic carbocycles. The van der Waals surface area contributed by atoms with Crippen LogP contribution in [0.1, 0.15) is 5.56 Å². The number of rotatable bonds is 3. The molecule has 0 saturated heterocycles. The van der Waals surface area contributed by atoms with E-state index in [-0.39, 0.29) is 0 Å². The Bertz CT molecular complexity index is 744. The van der Waals surface area contributed by atoms with Crippen LogP contribution in [0, 0.1) is 5.21 Å². The molecule has 1 aromatic heterocycles. The van der Waals surface area contributed by atoms with Crippen LogP contribution in [0.15, 0.2) is 65.3 Å². The fourth-order valence-electron chi connectivity index (χ4n) is 2.09. The molecule has 0 bridgehead atoms. The molecule has 0 aliphatic rings. The van der Waals surface area contributed by atoms with Gasteiger partial charge in [0.25, 0.3) is 5.52 Å². The van der Waals surface area contributed by atoms with Crippen LogP contribution in [0.5, 0.6) is 5.75 Å². The quantitative estimate of drug-likeness (QED) is 0.541. The van der Waals surface area contributed by atoms with Crippen LogP contribution in [-0.4, -0.2) is 0 Å². The molecule has 0 saturated carbocycles. The van der Waals surface area contributed by atoms with Gasteiger partial charge in [0, 0.05) is 10.5 Å². The van der Waals surface area contributed by atoms with E-state index in [1.807, 2.05) is 48.5 Å². The predicted molar refractivity (Wildman–Crippen MR) is 81.4 cm³/mol. The largest absolute Gasteiger partial charge is 0.618 e. The Kier molecular flexibility index (Phi) is 3.56. The maximum Gasteiger partial charge on any atom is 0.267 e. The molecule has 0 amide bonds. The minimum absolute atomic E-state index is 0.437. The molecule has 0 fully saturated rings. The van der Waals surface area contributed by atoms with Gasteiger partial charge in [-0.25, -0.2) is 0 Å². The van der Waals surface area contributed by atoms with Crippen molar-refractivity contribution in [1.82, 2.24) is 0 Å². The van der Waals surface area contributed by atoms with Gasteiger partial charge >= 0.3 is 0 Å². The number of halogens is 1. The van der Waals surface area contributed by atoms with Gasteiger partial charge in [-0.05, 0) is 39.7 Å². The van der Waals surface area contributed by atoms with Gasteiger partial charge in [0.05, 0.1) is 5.39 Å². The molecule has 0 N–H and O–H groups in total. The van der Waals surface area contributed by atoms with E-state index in [2.05, 4.69) is 15.9 Å². The van der Waals surface area contributed by atoms with Crippen LogP contribution < -0.4 is 9.47 Å². The Labute approximate surface area is 125 Å². The molecule has 3 aromatic rings. The number of ether oxygens (including phenoxy) is 1. The van der Waals surface area contributed by atoms with Crippen molar-refractivity contribution in [1.29, 1.82) is 0 Å². The van der Waals surface area contributed by atoms with Crippen LogP contribution in [-0.2, 0) is 6.61 Å². The van der Waals surface area contributed by atoms with Gasteiger partial charge in [-0.1, -0.05) is 30.3 Å². The first-order chi connectivity index (χ1) is 9.75. The molecule has 100 valence electrons. The molecule has 0 atom stereocenters. The summed E-state index contributed by atoms with van der Waals surface area (Å²) in [6.45, 7) is 0.437. The fraction of sp³-hybridized carbons (Fsp3) is 0.0625. The van der Waals surface area contributed by atoms with Gasteiger partial charge < -0.3 is 9.94 Å². The zero-order chi connectivity index (χ0) is 13.9. The van der Waals surface area contributed by atoms with E-state index in [1.165, 1.54) is 6.20 Å². The van der Waals surface area contributed by atoms with Crippen LogP contribution in [0.3, 0.4) is 0 Å². The van der Waals surface area contributed by atoms with Crippen molar-refractivity contribution in [3.8, 4) is 5.75 Å². The number of hydrogen-bond donors (Lipinski definition) is 0. The summed E-state index contributed by atoms with van der Waals surface area (Å²) in [4.78, 5) is 0. The summed E-state index contributed by atoms with van der Waals surface area (Å²) in [7, 11) is 0. The number of benzene rings is 2. The highest BCUT2D eigenvalue weighted by Crippen LogP contribution is 2.29. The molecule has 0 aliphatic heterocycles. The molecule has 3 rings (SSSR count). The van der Waals surface area contributed by atoms with Crippen molar-refractivity contribution in [2.45, 2.75) is 6.61 Å². The van der Waals surface area contributed by atoms with Gasteiger partial charge in [0.15, 0.2) is 11.9 Å². The third kappa shape index (κ3) is 2.47. The van der Waals surface area contributed by atoms with Crippen molar-refractivity contribution in [2.75, 3.05) is 0 Å². The monoisotopic (exact) mass is 329 g/mol. The summed E-state index contributed by atoms with van der Waals surface area (Å²) in [5.74, 6) is 0.586. The zero-order valence-electron chi connectivity index (χ0n) is 10.6. The second-order valence-electron chi connectivity index (χ2n) is 4.42. The van der Waals surface area contributed by atoms with Crippen molar-refractivity contribution in [3.05, 3.63) is 76.0 Å². The Hall–Kier alpha value is -2.07. The van der Waals surface area contributed by atoms with Crippen LogP contribution in [0.2, 0.25) is 0 Å². The average Bonchev–Trinajstić information content (AvgIpc) is 2.48.